The minimum atomic E-state index is -0.0294. The Balaban J connectivity index is 1.77. The number of aromatic amines is 1. The normalized spacial score (nSPS) is 13.8. The predicted molar refractivity (Wildman–Crippen MR) is 86.3 cm³/mol. The van der Waals surface area contributed by atoms with Gasteiger partial charge in [0.05, 0.1) is 11.2 Å². The Morgan fingerprint density at radius 1 is 1.00 bits per heavy atom. The fraction of sp³-hybridized carbons (Fsp3) is 0.176. The quantitative estimate of drug-likeness (QED) is 0.690. The molecule has 1 aliphatic heterocycles. The maximum atomic E-state index is 10.1. The minimum absolute atomic E-state index is 0.0294. The monoisotopic (exact) mass is 309 g/mol. The van der Waals surface area contributed by atoms with Gasteiger partial charge in [-0.1, -0.05) is 17.7 Å². The largest absolute Gasteiger partial charge is 0.493 e. The van der Waals surface area contributed by atoms with Crippen LogP contribution in [0.3, 0.4) is 0 Å². The van der Waals surface area contributed by atoms with Gasteiger partial charge in [-0.05, 0) is 25.1 Å². The molecule has 1 aromatic heterocycles. The molecule has 0 saturated heterocycles. The summed E-state index contributed by atoms with van der Waals surface area (Å²) >= 11 is 0. The van der Waals surface area contributed by atoms with Gasteiger partial charge in [-0.15, -0.1) is 5.11 Å². The topological polar surface area (TPSA) is 79.2 Å². The zero-order chi connectivity index (χ0) is 15.8. The van der Waals surface area contributed by atoms with Crippen molar-refractivity contribution < 1.29 is 14.6 Å². The standard InChI is InChI=1S/C17H15N3O3/c1-10-2-4-11(5-3-10)19-20-16-12-8-14-15(23-7-6-22-14)9-13(12)18-17(16)21/h2-5,8-9,18,21H,6-7H2,1H3. The fourth-order valence-corrected chi connectivity index (χ4v) is 2.52. The molecule has 0 amide bonds. The third kappa shape index (κ3) is 2.48. The minimum Gasteiger partial charge on any atom is -0.493 e. The highest BCUT2D eigenvalue weighted by Gasteiger charge is 2.18. The molecule has 2 N–H and O–H groups in total. The summed E-state index contributed by atoms with van der Waals surface area (Å²) in [5.41, 5.74) is 2.99. The van der Waals surface area contributed by atoms with Crippen LogP contribution in [0.15, 0.2) is 46.6 Å². The number of aromatic nitrogens is 1. The summed E-state index contributed by atoms with van der Waals surface area (Å²) in [6.07, 6.45) is 0. The summed E-state index contributed by atoms with van der Waals surface area (Å²) in [4.78, 5) is 2.89. The number of aromatic hydroxyl groups is 1. The van der Waals surface area contributed by atoms with E-state index in [1.54, 1.807) is 6.07 Å². The van der Waals surface area contributed by atoms with E-state index in [0.717, 1.165) is 22.2 Å². The number of fused-ring (bicyclic) bond motifs is 2. The lowest BCUT2D eigenvalue weighted by atomic mass is 10.2. The molecule has 0 fully saturated rings. The Bertz CT molecular complexity index is 898. The Kier molecular flexibility index (Phi) is 3.15. The van der Waals surface area contributed by atoms with Crippen LogP contribution in [0.5, 0.6) is 17.4 Å². The SMILES string of the molecule is Cc1ccc(N=Nc2c(O)[nH]c3cc4c(cc23)OCCO4)cc1. The molecule has 3 aromatic rings. The lowest BCUT2D eigenvalue weighted by Gasteiger charge is -2.18. The molecule has 0 spiro atoms. The second-order valence-electron chi connectivity index (χ2n) is 5.40. The number of azo groups is 1. The molecule has 4 rings (SSSR count). The molecule has 2 aromatic carbocycles. The van der Waals surface area contributed by atoms with Crippen LogP contribution in [0.1, 0.15) is 5.56 Å². The molecule has 0 unspecified atom stereocenters. The summed E-state index contributed by atoms with van der Waals surface area (Å²) in [6.45, 7) is 3.04. The van der Waals surface area contributed by atoms with E-state index in [4.69, 9.17) is 9.47 Å². The van der Waals surface area contributed by atoms with Crippen LogP contribution in [0.4, 0.5) is 11.4 Å². The Morgan fingerprint density at radius 3 is 2.43 bits per heavy atom. The third-order valence-electron chi connectivity index (χ3n) is 3.71. The first kappa shape index (κ1) is 13.6. The number of hydrogen-bond donors (Lipinski definition) is 2. The van der Waals surface area contributed by atoms with Gasteiger partial charge in [-0.3, -0.25) is 0 Å². The van der Waals surface area contributed by atoms with Crippen LogP contribution in [-0.2, 0) is 0 Å². The van der Waals surface area contributed by atoms with Crippen molar-refractivity contribution in [1.82, 2.24) is 4.98 Å². The van der Waals surface area contributed by atoms with Crippen molar-refractivity contribution in [2.75, 3.05) is 13.2 Å². The molecule has 0 aliphatic carbocycles. The van der Waals surface area contributed by atoms with Crippen LogP contribution in [0.2, 0.25) is 0 Å². The second-order valence-corrected chi connectivity index (χ2v) is 5.40. The number of H-pyrrole nitrogens is 1. The molecule has 0 radical (unpaired) electrons. The average molecular weight is 309 g/mol. The average Bonchev–Trinajstić information content (AvgIpc) is 2.86. The van der Waals surface area contributed by atoms with Crippen LogP contribution < -0.4 is 9.47 Å². The van der Waals surface area contributed by atoms with Gasteiger partial charge in [0.2, 0.25) is 5.88 Å². The second kappa shape index (κ2) is 5.31. The number of aryl methyl sites for hydroxylation is 1. The first-order valence-corrected chi connectivity index (χ1v) is 7.33. The molecule has 6 heteroatoms. The first-order valence-electron chi connectivity index (χ1n) is 7.33. The Morgan fingerprint density at radius 2 is 1.70 bits per heavy atom. The van der Waals surface area contributed by atoms with Crippen molar-refractivity contribution in [3.8, 4) is 17.4 Å². The van der Waals surface area contributed by atoms with Crippen molar-refractivity contribution in [3.05, 3.63) is 42.0 Å². The van der Waals surface area contributed by atoms with Crippen molar-refractivity contribution in [1.29, 1.82) is 0 Å². The number of nitrogens with one attached hydrogen (secondary N) is 1. The van der Waals surface area contributed by atoms with Crippen LogP contribution in [0.25, 0.3) is 10.9 Å². The molecule has 2 heterocycles. The fourth-order valence-electron chi connectivity index (χ4n) is 2.52. The van der Waals surface area contributed by atoms with Gasteiger partial charge in [0.15, 0.2) is 17.2 Å². The van der Waals surface area contributed by atoms with E-state index in [2.05, 4.69) is 15.2 Å². The van der Waals surface area contributed by atoms with E-state index >= 15 is 0 Å². The van der Waals surface area contributed by atoms with Crippen LogP contribution >= 0.6 is 0 Å². The van der Waals surface area contributed by atoms with E-state index in [-0.39, 0.29) is 5.88 Å². The zero-order valence-electron chi connectivity index (χ0n) is 12.5. The highest BCUT2D eigenvalue weighted by atomic mass is 16.6. The summed E-state index contributed by atoms with van der Waals surface area (Å²) in [6, 6.07) is 11.3. The molecule has 0 saturated carbocycles. The molecule has 1 aliphatic rings. The van der Waals surface area contributed by atoms with E-state index in [1.165, 1.54) is 0 Å². The van der Waals surface area contributed by atoms with Gasteiger partial charge >= 0.3 is 0 Å². The number of nitrogens with zero attached hydrogens (tertiary/aromatic N) is 2. The summed E-state index contributed by atoms with van der Waals surface area (Å²) in [5.74, 6) is 1.28. The molecule has 0 atom stereocenters. The number of hydrogen-bond acceptors (Lipinski definition) is 5. The van der Waals surface area contributed by atoms with Gasteiger partial charge in [0, 0.05) is 11.5 Å². The number of ether oxygens (including phenoxy) is 2. The van der Waals surface area contributed by atoms with Crippen molar-refractivity contribution in [2.45, 2.75) is 6.92 Å². The molecular weight excluding hydrogens is 294 g/mol. The van der Waals surface area contributed by atoms with Gasteiger partial charge in [0.25, 0.3) is 0 Å². The summed E-state index contributed by atoms with van der Waals surface area (Å²) in [5, 5.41) is 19.2. The van der Waals surface area contributed by atoms with Gasteiger partial charge < -0.3 is 19.6 Å². The Labute approximate surface area is 132 Å². The van der Waals surface area contributed by atoms with Crippen molar-refractivity contribution in [2.24, 2.45) is 10.2 Å². The third-order valence-corrected chi connectivity index (χ3v) is 3.71. The van der Waals surface area contributed by atoms with E-state index in [9.17, 15) is 5.11 Å². The smallest absolute Gasteiger partial charge is 0.218 e. The van der Waals surface area contributed by atoms with E-state index in [0.29, 0.717) is 30.4 Å². The summed E-state index contributed by atoms with van der Waals surface area (Å²) in [7, 11) is 0. The van der Waals surface area contributed by atoms with Crippen LogP contribution in [-0.4, -0.2) is 23.3 Å². The van der Waals surface area contributed by atoms with E-state index in [1.807, 2.05) is 37.3 Å². The first-order chi connectivity index (χ1) is 11.2. The Hall–Kier alpha value is -3.02. The molecule has 0 bridgehead atoms. The predicted octanol–water partition coefficient (Wildman–Crippen LogP) is 4.37. The van der Waals surface area contributed by atoms with Gasteiger partial charge in [-0.25, -0.2) is 0 Å². The maximum absolute atomic E-state index is 10.1. The van der Waals surface area contributed by atoms with E-state index < -0.39 is 0 Å². The molecule has 116 valence electrons. The highest BCUT2D eigenvalue weighted by Crippen LogP contribution is 2.42. The number of benzene rings is 2. The van der Waals surface area contributed by atoms with Crippen molar-refractivity contribution >= 4 is 22.3 Å². The lowest BCUT2D eigenvalue weighted by Crippen LogP contribution is -2.15. The highest BCUT2D eigenvalue weighted by molar-refractivity contribution is 5.96. The maximum Gasteiger partial charge on any atom is 0.218 e. The molecule has 6 nitrogen and oxygen atoms in total. The molecular formula is C17H15N3O3. The zero-order valence-corrected chi connectivity index (χ0v) is 12.5. The number of rotatable bonds is 2. The summed E-state index contributed by atoms with van der Waals surface area (Å²) < 4.78 is 11.1. The van der Waals surface area contributed by atoms with Crippen LogP contribution in [0, 0.1) is 6.92 Å². The van der Waals surface area contributed by atoms with Gasteiger partial charge in [0.1, 0.15) is 13.2 Å². The van der Waals surface area contributed by atoms with Gasteiger partial charge in [-0.2, -0.15) is 5.11 Å². The van der Waals surface area contributed by atoms with Crippen molar-refractivity contribution in [3.63, 3.8) is 0 Å². The lowest BCUT2D eigenvalue weighted by molar-refractivity contribution is 0.172. The molecule has 23 heavy (non-hydrogen) atoms.